The van der Waals surface area contributed by atoms with Gasteiger partial charge in [0.2, 0.25) is 0 Å². The summed E-state index contributed by atoms with van der Waals surface area (Å²) in [6.07, 6.45) is 2.18. The zero-order chi connectivity index (χ0) is 11.5. The molecule has 0 atom stereocenters. The van der Waals surface area contributed by atoms with Gasteiger partial charge in [-0.05, 0) is 22.0 Å². The molecule has 0 aliphatic carbocycles. The van der Waals surface area contributed by atoms with Gasteiger partial charge in [-0.2, -0.15) is 0 Å². The molecule has 6 heteroatoms. The van der Waals surface area contributed by atoms with E-state index in [0.29, 0.717) is 6.42 Å². The number of carboxylic acids is 1. The van der Waals surface area contributed by atoms with Gasteiger partial charge in [0.15, 0.2) is 0 Å². The van der Waals surface area contributed by atoms with Crippen molar-refractivity contribution in [3.63, 3.8) is 0 Å². The summed E-state index contributed by atoms with van der Waals surface area (Å²) in [5.74, 6) is -0.798. The van der Waals surface area contributed by atoms with E-state index < -0.39 is 5.97 Å². The van der Waals surface area contributed by atoms with Gasteiger partial charge in [-0.1, -0.05) is 0 Å². The van der Waals surface area contributed by atoms with E-state index in [9.17, 15) is 4.79 Å². The second-order valence-corrected chi connectivity index (χ2v) is 5.08. The number of imidazole rings is 1. The Balaban J connectivity index is 2.22. The third kappa shape index (κ3) is 2.51. The second kappa shape index (κ2) is 4.80. The van der Waals surface area contributed by atoms with Gasteiger partial charge in [-0.15, -0.1) is 11.3 Å². The maximum atomic E-state index is 10.5. The Hall–Kier alpha value is -1.14. The monoisotopic (exact) mass is 300 g/mol. The van der Waals surface area contributed by atoms with Crippen molar-refractivity contribution in [2.45, 2.75) is 12.8 Å². The highest BCUT2D eigenvalue weighted by molar-refractivity contribution is 9.10. The Kier molecular flexibility index (Phi) is 3.40. The van der Waals surface area contributed by atoms with Crippen LogP contribution >= 0.6 is 27.3 Å². The molecule has 2 heterocycles. The molecular weight excluding hydrogens is 292 g/mol. The lowest BCUT2D eigenvalue weighted by Crippen LogP contribution is -1.98. The SMILES string of the molecule is O=C(O)CCc1[nH]cnc1-c1cc(Br)cs1. The average molecular weight is 301 g/mol. The lowest BCUT2D eigenvalue weighted by atomic mass is 10.2. The van der Waals surface area contributed by atoms with Crippen molar-refractivity contribution < 1.29 is 9.90 Å². The average Bonchev–Trinajstić information content (AvgIpc) is 2.82. The molecule has 0 bridgehead atoms. The molecule has 0 saturated heterocycles. The number of aromatic nitrogens is 2. The van der Waals surface area contributed by atoms with Crippen LogP contribution in [0.3, 0.4) is 0 Å². The van der Waals surface area contributed by atoms with E-state index in [0.717, 1.165) is 20.7 Å². The van der Waals surface area contributed by atoms with E-state index in [1.165, 1.54) is 0 Å². The standard InChI is InChI=1S/C10H9BrN2O2S/c11-6-3-8(16-4-6)10-7(12-5-13-10)1-2-9(14)15/h3-5H,1-2H2,(H,12,13)(H,14,15). The maximum Gasteiger partial charge on any atom is 0.303 e. The molecule has 0 fully saturated rings. The molecule has 0 radical (unpaired) electrons. The molecule has 84 valence electrons. The third-order valence-corrected chi connectivity index (χ3v) is 3.81. The largest absolute Gasteiger partial charge is 0.481 e. The number of thiophene rings is 1. The fourth-order valence-electron chi connectivity index (χ4n) is 1.39. The summed E-state index contributed by atoms with van der Waals surface area (Å²) in [7, 11) is 0. The first-order valence-electron chi connectivity index (χ1n) is 4.65. The lowest BCUT2D eigenvalue weighted by molar-refractivity contribution is -0.136. The number of aliphatic carboxylic acids is 1. The molecule has 2 rings (SSSR count). The van der Waals surface area contributed by atoms with Crippen LogP contribution in [0.2, 0.25) is 0 Å². The molecule has 2 N–H and O–H groups in total. The number of carboxylic acid groups (broad SMARTS) is 1. The summed E-state index contributed by atoms with van der Waals surface area (Å²) < 4.78 is 1.01. The van der Waals surface area contributed by atoms with Crippen LogP contribution in [0.15, 0.2) is 22.2 Å². The molecule has 0 aliphatic rings. The molecule has 4 nitrogen and oxygen atoms in total. The summed E-state index contributed by atoms with van der Waals surface area (Å²) in [4.78, 5) is 18.7. The first-order chi connectivity index (χ1) is 7.66. The normalized spacial score (nSPS) is 10.6. The number of hydrogen-bond acceptors (Lipinski definition) is 3. The van der Waals surface area contributed by atoms with Gasteiger partial charge in [-0.25, -0.2) is 4.98 Å². The van der Waals surface area contributed by atoms with Crippen molar-refractivity contribution in [2.24, 2.45) is 0 Å². The number of aromatic amines is 1. The molecule has 0 amide bonds. The summed E-state index contributed by atoms with van der Waals surface area (Å²) >= 11 is 4.96. The topological polar surface area (TPSA) is 66.0 Å². The third-order valence-electron chi connectivity index (χ3n) is 2.11. The molecule has 16 heavy (non-hydrogen) atoms. The maximum absolute atomic E-state index is 10.5. The molecule has 0 saturated carbocycles. The van der Waals surface area contributed by atoms with Gasteiger partial charge in [0.05, 0.1) is 17.6 Å². The van der Waals surface area contributed by atoms with Crippen molar-refractivity contribution in [3.8, 4) is 10.6 Å². The van der Waals surface area contributed by atoms with E-state index in [1.54, 1.807) is 17.7 Å². The highest BCUT2D eigenvalue weighted by Crippen LogP contribution is 2.30. The van der Waals surface area contributed by atoms with E-state index in [4.69, 9.17) is 5.11 Å². The number of hydrogen-bond donors (Lipinski definition) is 2. The Morgan fingerprint density at radius 1 is 1.62 bits per heavy atom. The molecule has 2 aromatic rings. The predicted molar refractivity (Wildman–Crippen MR) is 65.6 cm³/mol. The fourth-order valence-corrected chi connectivity index (χ4v) is 2.84. The van der Waals surface area contributed by atoms with E-state index >= 15 is 0 Å². The van der Waals surface area contributed by atoms with Crippen LogP contribution in [-0.4, -0.2) is 21.0 Å². The Labute approximate surface area is 104 Å². The van der Waals surface area contributed by atoms with Crippen LogP contribution in [0, 0.1) is 0 Å². The summed E-state index contributed by atoms with van der Waals surface area (Å²) in [6.45, 7) is 0. The Morgan fingerprint density at radius 2 is 2.44 bits per heavy atom. The van der Waals surface area contributed by atoms with E-state index in [1.807, 2.05) is 11.4 Å². The zero-order valence-corrected chi connectivity index (χ0v) is 10.6. The Bertz CT molecular complexity index is 506. The fraction of sp³-hybridized carbons (Fsp3) is 0.200. The first-order valence-corrected chi connectivity index (χ1v) is 6.32. The smallest absolute Gasteiger partial charge is 0.303 e. The van der Waals surface area contributed by atoms with E-state index in [2.05, 4.69) is 25.9 Å². The van der Waals surface area contributed by atoms with Gasteiger partial charge in [-0.3, -0.25) is 4.79 Å². The first kappa shape index (κ1) is 11.3. The number of carbonyl (C=O) groups is 1. The number of nitrogens with zero attached hydrogens (tertiary/aromatic N) is 1. The molecular formula is C10H9BrN2O2S. The minimum atomic E-state index is -0.798. The van der Waals surface area contributed by atoms with Gasteiger partial charge in [0.25, 0.3) is 0 Å². The van der Waals surface area contributed by atoms with Crippen molar-refractivity contribution in [1.82, 2.24) is 9.97 Å². The van der Waals surface area contributed by atoms with Crippen molar-refractivity contribution in [1.29, 1.82) is 0 Å². The van der Waals surface area contributed by atoms with Gasteiger partial charge >= 0.3 is 5.97 Å². The Morgan fingerprint density at radius 3 is 3.06 bits per heavy atom. The quantitative estimate of drug-likeness (QED) is 0.912. The minimum Gasteiger partial charge on any atom is -0.481 e. The summed E-state index contributed by atoms with van der Waals surface area (Å²) in [6, 6.07) is 1.98. The number of nitrogens with one attached hydrogen (secondary N) is 1. The number of aryl methyl sites for hydroxylation is 1. The molecule has 0 aliphatic heterocycles. The van der Waals surface area contributed by atoms with Gasteiger partial charge in [0.1, 0.15) is 5.69 Å². The minimum absolute atomic E-state index is 0.113. The number of H-pyrrole nitrogens is 1. The second-order valence-electron chi connectivity index (χ2n) is 3.25. The van der Waals surface area contributed by atoms with Crippen LogP contribution in [0.1, 0.15) is 12.1 Å². The number of rotatable bonds is 4. The van der Waals surface area contributed by atoms with Crippen molar-refractivity contribution in [2.75, 3.05) is 0 Å². The molecule has 2 aromatic heterocycles. The van der Waals surface area contributed by atoms with Crippen LogP contribution in [0.25, 0.3) is 10.6 Å². The highest BCUT2D eigenvalue weighted by atomic mass is 79.9. The van der Waals surface area contributed by atoms with Gasteiger partial charge in [0, 0.05) is 22.0 Å². The lowest BCUT2D eigenvalue weighted by Gasteiger charge is -1.98. The van der Waals surface area contributed by atoms with Crippen LogP contribution in [0.5, 0.6) is 0 Å². The van der Waals surface area contributed by atoms with Crippen molar-refractivity contribution in [3.05, 3.63) is 27.9 Å². The summed E-state index contributed by atoms with van der Waals surface area (Å²) in [5, 5.41) is 10.6. The highest BCUT2D eigenvalue weighted by Gasteiger charge is 2.11. The van der Waals surface area contributed by atoms with E-state index in [-0.39, 0.29) is 6.42 Å². The summed E-state index contributed by atoms with van der Waals surface area (Å²) in [5.41, 5.74) is 1.72. The van der Waals surface area contributed by atoms with Crippen LogP contribution in [0.4, 0.5) is 0 Å². The number of halogens is 1. The van der Waals surface area contributed by atoms with Crippen LogP contribution < -0.4 is 0 Å². The molecule has 0 spiro atoms. The molecule has 0 aromatic carbocycles. The van der Waals surface area contributed by atoms with Crippen molar-refractivity contribution >= 4 is 33.2 Å². The zero-order valence-electron chi connectivity index (χ0n) is 8.24. The van der Waals surface area contributed by atoms with Crippen LogP contribution in [-0.2, 0) is 11.2 Å². The molecule has 0 unspecified atom stereocenters. The van der Waals surface area contributed by atoms with Gasteiger partial charge < -0.3 is 10.1 Å². The predicted octanol–water partition coefficient (Wildman–Crippen LogP) is 2.92.